The third-order valence-electron chi connectivity index (χ3n) is 1.34. The molecule has 0 amide bonds. The minimum absolute atomic E-state index is 0.0694. The number of unbranched alkanes of at least 4 members (excludes halogenated alkanes) is 2. The summed E-state index contributed by atoms with van der Waals surface area (Å²) in [6, 6.07) is 0. The number of rotatable bonds is 6. The second-order valence-corrected chi connectivity index (χ2v) is 3.60. The van der Waals surface area contributed by atoms with Gasteiger partial charge < -0.3 is 20.9 Å². The summed E-state index contributed by atoms with van der Waals surface area (Å²) < 4.78 is 9.44. The fourth-order valence-corrected chi connectivity index (χ4v) is 0.817. The van der Waals surface area contributed by atoms with E-state index in [4.69, 9.17) is 16.2 Å². The Balaban J connectivity index is 0. The van der Waals surface area contributed by atoms with Crippen LogP contribution in [0.5, 0.6) is 0 Å². The van der Waals surface area contributed by atoms with Crippen molar-refractivity contribution >= 4 is 34.8 Å². The number of ether oxygens (including phenoxy) is 2. The molecule has 16 heavy (non-hydrogen) atoms. The quantitative estimate of drug-likeness (QED) is 0.433. The second-order valence-electron chi connectivity index (χ2n) is 2.79. The standard InChI is InChI=1S/C6H13NOS.C4H7NOS/c1-2-3-4-5-8-6(7)9;1-2-3-6-4(5)7/h2-5H2,1H3,(H2,7,9);2H,1,3H2,(H2,5,7). The van der Waals surface area contributed by atoms with Gasteiger partial charge in [0.15, 0.2) is 0 Å². The van der Waals surface area contributed by atoms with Crippen molar-refractivity contribution in [3.05, 3.63) is 12.7 Å². The Morgan fingerprint density at radius 3 is 2.06 bits per heavy atom. The van der Waals surface area contributed by atoms with Gasteiger partial charge in [0.05, 0.1) is 6.61 Å². The van der Waals surface area contributed by atoms with Crippen LogP contribution in [-0.2, 0) is 9.47 Å². The van der Waals surface area contributed by atoms with Crippen molar-refractivity contribution in [2.45, 2.75) is 26.2 Å². The molecule has 4 N–H and O–H groups in total. The minimum Gasteiger partial charge on any atom is -0.471 e. The first-order valence-corrected chi connectivity index (χ1v) is 5.81. The van der Waals surface area contributed by atoms with Crippen molar-refractivity contribution < 1.29 is 9.47 Å². The fraction of sp³-hybridized carbons (Fsp3) is 0.600. The summed E-state index contributed by atoms with van der Waals surface area (Å²) in [7, 11) is 0. The molecule has 0 rings (SSSR count). The van der Waals surface area contributed by atoms with Crippen LogP contribution in [0.15, 0.2) is 12.7 Å². The van der Waals surface area contributed by atoms with Gasteiger partial charge in [0.1, 0.15) is 6.61 Å². The summed E-state index contributed by atoms with van der Waals surface area (Å²) in [5.41, 5.74) is 10.0. The van der Waals surface area contributed by atoms with Crippen molar-refractivity contribution in [2.75, 3.05) is 13.2 Å². The van der Waals surface area contributed by atoms with Gasteiger partial charge >= 0.3 is 0 Å². The Bertz CT molecular complexity index is 211. The maximum atomic E-state index is 5.08. The molecular weight excluding hydrogens is 244 g/mol. The largest absolute Gasteiger partial charge is 0.471 e. The number of hydrogen-bond acceptors (Lipinski definition) is 4. The first kappa shape index (κ1) is 17.5. The summed E-state index contributed by atoms with van der Waals surface area (Å²) in [4.78, 5) is 0. The highest BCUT2D eigenvalue weighted by molar-refractivity contribution is 7.80. The van der Waals surface area contributed by atoms with Crippen molar-refractivity contribution in [3.63, 3.8) is 0 Å². The number of thiocarbonyl (C=S) groups is 2. The molecule has 0 bridgehead atoms. The fourth-order valence-electron chi connectivity index (χ4n) is 0.666. The van der Waals surface area contributed by atoms with E-state index in [1.54, 1.807) is 6.08 Å². The molecule has 0 radical (unpaired) electrons. The smallest absolute Gasteiger partial charge is 0.254 e. The molecule has 0 atom stereocenters. The van der Waals surface area contributed by atoms with Crippen LogP contribution in [0.2, 0.25) is 0 Å². The molecule has 0 aromatic carbocycles. The molecule has 0 aromatic rings. The third-order valence-corrected chi connectivity index (χ3v) is 1.57. The van der Waals surface area contributed by atoms with Crippen molar-refractivity contribution in [2.24, 2.45) is 11.5 Å². The molecule has 0 heterocycles. The molecule has 0 unspecified atom stereocenters. The lowest BCUT2D eigenvalue weighted by Gasteiger charge is -2.00. The summed E-state index contributed by atoms with van der Waals surface area (Å²) in [6.45, 7) is 6.60. The zero-order valence-corrected chi connectivity index (χ0v) is 11.2. The summed E-state index contributed by atoms with van der Waals surface area (Å²) in [5, 5.41) is 0.228. The topological polar surface area (TPSA) is 70.5 Å². The number of hydrogen-bond donors (Lipinski definition) is 2. The van der Waals surface area contributed by atoms with E-state index in [9.17, 15) is 0 Å². The van der Waals surface area contributed by atoms with Gasteiger partial charge in [-0.15, -0.1) is 0 Å². The summed E-state index contributed by atoms with van der Waals surface area (Å²) in [6.07, 6.45) is 5.01. The Kier molecular flexibility index (Phi) is 15.5. The Hall–Kier alpha value is -0.880. The monoisotopic (exact) mass is 264 g/mol. The van der Waals surface area contributed by atoms with Gasteiger partial charge in [-0.1, -0.05) is 32.4 Å². The first-order valence-electron chi connectivity index (χ1n) is 4.99. The van der Waals surface area contributed by atoms with Gasteiger partial charge in [-0.25, -0.2) is 0 Å². The normalized spacial score (nSPS) is 8.31. The van der Waals surface area contributed by atoms with Gasteiger partial charge in [-0.2, -0.15) is 0 Å². The van der Waals surface area contributed by atoms with Crippen LogP contribution in [-0.4, -0.2) is 23.6 Å². The highest BCUT2D eigenvalue weighted by atomic mass is 32.1. The lowest BCUT2D eigenvalue weighted by atomic mass is 10.3. The molecule has 94 valence electrons. The van der Waals surface area contributed by atoms with E-state index in [-0.39, 0.29) is 10.3 Å². The van der Waals surface area contributed by atoms with Gasteiger partial charge in [0.25, 0.3) is 10.3 Å². The predicted octanol–water partition coefficient (Wildman–Crippen LogP) is 1.87. The van der Waals surface area contributed by atoms with Crippen molar-refractivity contribution in [1.29, 1.82) is 0 Å². The molecule has 0 saturated heterocycles. The minimum atomic E-state index is 0.0694. The second kappa shape index (κ2) is 14.1. The van der Waals surface area contributed by atoms with Crippen LogP contribution < -0.4 is 11.5 Å². The molecule has 6 heteroatoms. The van der Waals surface area contributed by atoms with E-state index in [0.29, 0.717) is 13.2 Å². The number of nitrogens with two attached hydrogens (primary N) is 2. The van der Waals surface area contributed by atoms with E-state index in [0.717, 1.165) is 6.42 Å². The molecule has 0 aliphatic heterocycles. The summed E-state index contributed by atoms with van der Waals surface area (Å²) >= 11 is 8.87. The molecule has 0 aromatic heterocycles. The SMILES string of the molecule is C=CCOC(N)=S.CCCCCOC(N)=S. The predicted molar refractivity (Wildman–Crippen MR) is 75.2 cm³/mol. The zero-order valence-electron chi connectivity index (χ0n) is 9.61. The van der Waals surface area contributed by atoms with Crippen molar-refractivity contribution in [3.8, 4) is 0 Å². The average molecular weight is 264 g/mol. The van der Waals surface area contributed by atoms with E-state index in [2.05, 4.69) is 42.7 Å². The lowest BCUT2D eigenvalue weighted by molar-refractivity contribution is 0.297. The van der Waals surface area contributed by atoms with Crippen molar-refractivity contribution in [1.82, 2.24) is 0 Å². The van der Waals surface area contributed by atoms with Gasteiger partial charge in [0.2, 0.25) is 0 Å². The Morgan fingerprint density at radius 1 is 1.19 bits per heavy atom. The third kappa shape index (κ3) is 23.2. The van der Waals surface area contributed by atoms with E-state index < -0.39 is 0 Å². The van der Waals surface area contributed by atoms with Crippen LogP contribution in [0.25, 0.3) is 0 Å². The van der Waals surface area contributed by atoms with Crippen LogP contribution >= 0.6 is 24.4 Å². The summed E-state index contributed by atoms with van der Waals surface area (Å²) in [5.74, 6) is 0. The van der Waals surface area contributed by atoms with E-state index in [1.807, 2.05) is 0 Å². The van der Waals surface area contributed by atoms with Crippen LogP contribution in [0.1, 0.15) is 26.2 Å². The maximum Gasteiger partial charge on any atom is 0.254 e. The van der Waals surface area contributed by atoms with Crippen LogP contribution in [0, 0.1) is 0 Å². The zero-order chi connectivity index (χ0) is 12.8. The highest BCUT2D eigenvalue weighted by Gasteiger charge is 1.87. The molecule has 0 fully saturated rings. The molecular formula is C10H20N2O2S2. The van der Waals surface area contributed by atoms with Crippen LogP contribution in [0.4, 0.5) is 0 Å². The molecule has 0 aliphatic rings. The molecule has 0 aliphatic carbocycles. The first-order chi connectivity index (χ1) is 7.54. The molecule has 0 spiro atoms. The van der Waals surface area contributed by atoms with E-state index >= 15 is 0 Å². The Labute approximate surface area is 108 Å². The van der Waals surface area contributed by atoms with Crippen LogP contribution in [0.3, 0.4) is 0 Å². The average Bonchev–Trinajstić information content (AvgIpc) is 2.22. The lowest BCUT2D eigenvalue weighted by Crippen LogP contribution is -2.13. The van der Waals surface area contributed by atoms with E-state index in [1.165, 1.54) is 12.8 Å². The molecule has 0 saturated carbocycles. The highest BCUT2D eigenvalue weighted by Crippen LogP contribution is 1.93. The molecule has 4 nitrogen and oxygen atoms in total. The maximum absolute atomic E-state index is 5.08. The Morgan fingerprint density at radius 2 is 1.75 bits per heavy atom. The van der Waals surface area contributed by atoms with Gasteiger partial charge in [0, 0.05) is 0 Å². The van der Waals surface area contributed by atoms with Gasteiger partial charge in [-0.05, 0) is 30.9 Å². The van der Waals surface area contributed by atoms with Gasteiger partial charge in [-0.3, -0.25) is 0 Å².